The van der Waals surface area contributed by atoms with Gasteiger partial charge in [0.25, 0.3) is 0 Å². The highest BCUT2D eigenvalue weighted by molar-refractivity contribution is 7.20. The van der Waals surface area contributed by atoms with E-state index in [4.69, 9.17) is 4.98 Å². The molecule has 0 amide bonds. The van der Waals surface area contributed by atoms with E-state index in [1.54, 1.807) is 22.7 Å². The van der Waals surface area contributed by atoms with E-state index in [-0.39, 0.29) is 0 Å². The maximum Gasteiger partial charge on any atom is 0.133 e. The molecule has 108 valence electrons. The molecule has 0 bridgehead atoms. The lowest BCUT2D eigenvalue weighted by molar-refractivity contribution is 0.281. The molecular weight excluding hydrogens is 284 g/mol. The Balaban J connectivity index is 1.45. The lowest BCUT2D eigenvalue weighted by Gasteiger charge is -2.26. The van der Waals surface area contributed by atoms with Crippen molar-refractivity contribution in [1.82, 2.24) is 10.3 Å². The maximum atomic E-state index is 4.71. The van der Waals surface area contributed by atoms with Crippen molar-refractivity contribution in [3.8, 4) is 9.88 Å². The number of rotatable bonds is 5. The molecule has 3 rings (SSSR count). The Morgan fingerprint density at radius 3 is 2.85 bits per heavy atom. The highest BCUT2D eigenvalue weighted by Gasteiger charge is 2.17. The highest BCUT2D eigenvalue weighted by atomic mass is 32.1. The minimum Gasteiger partial charge on any atom is -0.311 e. The van der Waals surface area contributed by atoms with Crippen LogP contribution < -0.4 is 5.32 Å². The van der Waals surface area contributed by atoms with E-state index in [9.17, 15) is 0 Å². The fraction of sp³-hybridized carbons (Fsp3) is 0.562. The zero-order valence-corrected chi connectivity index (χ0v) is 13.6. The molecule has 0 unspecified atom stereocenters. The molecule has 2 aromatic rings. The molecule has 2 heterocycles. The molecule has 0 saturated heterocycles. The summed E-state index contributed by atoms with van der Waals surface area (Å²) < 4.78 is 0. The van der Waals surface area contributed by atoms with Gasteiger partial charge in [-0.1, -0.05) is 25.8 Å². The van der Waals surface area contributed by atoms with Gasteiger partial charge in [0, 0.05) is 11.9 Å². The van der Waals surface area contributed by atoms with Crippen molar-refractivity contribution in [2.24, 2.45) is 11.8 Å². The SMILES string of the molecule is CC1CCC(CNCc2csc(-c3cccs3)n2)CC1. The van der Waals surface area contributed by atoms with Crippen molar-refractivity contribution >= 4 is 22.7 Å². The Kier molecular flexibility index (Phi) is 4.86. The standard InChI is InChI=1S/C16H22N2S2/c1-12-4-6-13(7-5-12)9-17-10-14-11-20-16(18-14)15-3-2-8-19-15/h2-3,8,11-13,17H,4-7,9-10H2,1H3. The smallest absolute Gasteiger partial charge is 0.133 e. The number of nitrogens with zero attached hydrogens (tertiary/aromatic N) is 1. The van der Waals surface area contributed by atoms with Gasteiger partial charge in [-0.25, -0.2) is 4.98 Å². The van der Waals surface area contributed by atoms with Crippen LogP contribution in [0.3, 0.4) is 0 Å². The summed E-state index contributed by atoms with van der Waals surface area (Å²) in [6.45, 7) is 4.44. The first-order valence-electron chi connectivity index (χ1n) is 7.50. The lowest BCUT2D eigenvalue weighted by atomic mass is 9.83. The van der Waals surface area contributed by atoms with Crippen molar-refractivity contribution in [1.29, 1.82) is 0 Å². The molecule has 2 nitrogen and oxygen atoms in total. The summed E-state index contributed by atoms with van der Waals surface area (Å²) in [5.41, 5.74) is 1.18. The Hall–Kier alpha value is -0.710. The molecular formula is C16H22N2S2. The predicted molar refractivity (Wildman–Crippen MR) is 88.3 cm³/mol. The molecule has 2 aromatic heterocycles. The summed E-state index contributed by atoms with van der Waals surface area (Å²) >= 11 is 3.52. The topological polar surface area (TPSA) is 24.9 Å². The Bertz CT molecular complexity index is 510. The van der Waals surface area contributed by atoms with Gasteiger partial charge < -0.3 is 5.32 Å². The Labute approximate surface area is 129 Å². The number of nitrogens with one attached hydrogen (secondary N) is 1. The summed E-state index contributed by atoms with van der Waals surface area (Å²) in [6.07, 6.45) is 5.61. The molecule has 1 fully saturated rings. The normalized spacial score (nSPS) is 23.1. The lowest BCUT2D eigenvalue weighted by Crippen LogP contribution is -2.25. The molecule has 4 heteroatoms. The van der Waals surface area contributed by atoms with Crippen LogP contribution in [0.4, 0.5) is 0 Å². The molecule has 20 heavy (non-hydrogen) atoms. The Morgan fingerprint density at radius 1 is 1.25 bits per heavy atom. The summed E-state index contributed by atoms with van der Waals surface area (Å²) in [6, 6.07) is 4.23. The fourth-order valence-corrected chi connectivity index (χ4v) is 4.47. The number of hydrogen-bond acceptors (Lipinski definition) is 4. The van der Waals surface area contributed by atoms with Crippen molar-refractivity contribution in [3.63, 3.8) is 0 Å². The zero-order valence-electron chi connectivity index (χ0n) is 12.0. The highest BCUT2D eigenvalue weighted by Crippen LogP contribution is 2.29. The monoisotopic (exact) mass is 306 g/mol. The van der Waals surface area contributed by atoms with Crippen LogP contribution in [0.1, 0.15) is 38.3 Å². The van der Waals surface area contributed by atoms with E-state index in [1.807, 2.05) is 0 Å². The minimum absolute atomic E-state index is 0.876. The summed E-state index contributed by atoms with van der Waals surface area (Å²) in [5.74, 6) is 1.82. The van der Waals surface area contributed by atoms with Gasteiger partial charge in [-0.15, -0.1) is 22.7 Å². The average Bonchev–Trinajstić information content (AvgIpc) is 3.11. The van der Waals surface area contributed by atoms with Crippen LogP contribution in [-0.4, -0.2) is 11.5 Å². The summed E-state index contributed by atoms with van der Waals surface area (Å²) in [7, 11) is 0. The second-order valence-corrected chi connectivity index (χ2v) is 7.68. The van der Waals surface area contributed by atoms with E-state index in [2.05, 4.69) is 35.1 Å². The quantitative estimate of drug-likeness (QED) is 0.859. The first-order chi connectivity index (χ1) is 9.81. The van der Waals surface area contributed by atoms with Crippen molar-refractivity contribution < 1.29 is 0 Å². The predicted octanol–water partition coefficient (Wildman–Crippen LogP) is 4.79. The van der Waals surface area contributed by atoms with Gasteiger partial charge in [0.2, 0.25) is 0 Å². The van der Waals surface area contributed by atoms with Crippen LogP contribution >= 0.6 is 22.7 Å². The third-order valence-corrected chi connectivity index (χ3v) is 6.09. The van der Waals surface area contributed by atoms with E-state index < -0.39 is 0 Å². The molecule has 1 aliphatic rings. The van der Waals surface area contributed by atoms with Crippen LogP contribution in [-0.2, 0) is 6.54 Å². The molecule has 1 N–H and O–H groups in total. The van der Waals surface area contributed by atoms with Crippen molar-refractivity contribution in [2.45, 2.75) is 39.2 Å². The van der Waals surface area contributed by atoms with Gasteiger partial charge in [-0.3, -0.25) is 0 Å². The Morgan fingerprint density at radius 2 is 2.10 bits per heavy atom. The first-order valence-corrected chi connectivity index (χ1v) is 9.26. The molecule has 0 aliphatic heterocycles. The molecule has 0 spiro atoms. The first kappa shape index (κ1) is 14.2. The second-order valence-electron chi connectivity index (χ2n) is 5.88. The summed E-state index contributed by atoms with van der Waals surface area (Å²) in [4.78, 5) is 5.99. The van der Waals surface area contributed by atoms with Crippen molar-refractivity contribution in [3.05, 3.63) is 28.6 Å². The number of thiophene rings is 1. The maximum absolute atomic E-state index is 4.71. The van der Waals surface area contributed by atoms with Crippen LogP contribution in [0.15, 0.2) is 22.9 Å². The average molecular weight is 307 g/mol. The van der Waals surface area contributed by atoms with Gasteiger partial charge in [0.1, 0.15) is 5.01 Å². The van der Waals surface area contributed by atoms with Crippen LogP contribution in [0.5, 0.6) is 0 Å². The van der Waals surface area contributed by atoms with E-state index >= 15 is 0 Å². The van der Waals surface area contributed by atoms with Gasteiger partial charge in [0.15, 0.2) is 0 Å². The van der Waals surface area contributed by atoms with Crippen molar-refractivity contribution in [2.75, 3.05) is 6.54 Å². The van der Waals surface area contributed by atoms with E-state index in [1.165, 1.54) is 36.3 Å². The van der Waals surface area contributed by atoms with E-state index in [0.29, 0.717) is 0 Å². The minimum atomic E-state index is 0.876. The largest absolute Gasteiger partial charge is 0.311 e. The van der Waals surface area contributed by atoms with E-state index in [0.717, 1.165) is 29.9 Å². The summed E-state index contributed by atoms with van der Waals surface area (Å²) in [5, 5.41) is 9.04. The van der Waals surface area contributed by atoms with Gasteiger partial charge in [0.05, 0.1) is 10.6 Å². The third kappa shape index (κ3) is 3.68. The number of thiazole rings is 1. The number of hydrogen-bond donors (Lipinski definition) is 1. The van der Waals surface area contributed by atoms with Crippen LogP contribution in [0, 0.1) is 11.8 Å². The van der Waals surface area contributed by atoms with Gasteiger partial charge >= 0.3 is 0 Å². The molecule has 1 aliphatic carbocycles. The molecule has 0 atom stereocenters. The fourth-order valence-electron chi connectivity index (χ4n) is 2.84. The molecule has 0 aromatic carbocycles. The van der Waals surface area contributed by atoms with Gasteiger partial charge in [-0.2, -0.15) is 0 Å². The zero-order chi connectivity index (χ0) is 13.8. The number of aromatic nitrogens is 1. The van der Waals surface area contributed by atoms with Crippen LogP contribution in [0.2, 0.25) is 0 Å². The second kappa shape index (κ2) is 6.83. The third-order valence-electron chi connectivity index (χ3n) is 4.16. The molecule has 1 saturated carbocycles. The van der Waals surface area contributed by atoms with Gasteiger partial charge in [-0.05, 0) is 42.7 Å². The van der Waals surface area contributed by atoms with Crippen LogP contribution in [0.25, 0.3) is 9.88 Å². The molecule has 0 radical (unpaired) electrons.